The molecule has 5 heteroatoms. The summed E-state index contributed by atoms with van der Waals surface area (Å²) in [5.41, 5.74) is 1.09. The van der Waals surface area contributed by atoms with Gasteiger partial charge in [-0.05, 0) is 52.1 Å². The third-order valence-corrected chi connectivity index (χ3v) is 5.08. The first kappa shape index (κ1) is 16.4. The summed E-state index contributed by atoms with van der Waals surface area (Å²) in [5, 5.41) is 6.29. The van der Waals surface area contributed by atoms with Crippen LogP contribution in [0.5, 0.6) is 0 Å². The molecule has 21 heavy (non-hydrogen) atoms. The highest BCUT2D eigenvalue weighted by molar-refractivity contribution is 7.09. The van der Waals surface area contributed by atoms with Crippen molar-refractivity contribution in [3.8, 4) is 0 Å². The Bertz CT molecular complexity index is 446. The molecule has 1 fully saturated rings. The van der Waals surface area contributed by atoms with Gasteiger partial charge in [-0.25, -0.2) is 4.98 Å². The van der Waals surface area contributed by atoms with Crippen LogP contribution in [0, 0.1) is 12.8 Å². The van der Waals surface area contributed by atoms with Gasteiger partial charge in [0.1, 0.15) is 0 Å². The summed E-state index contributed by atoms with van der Waals surface area (Å²) in [7, 11) is 2.17. The maximum atomic E-state index is 11.8. The molecule has 1 N–H and O–H groups in total. The molecule has 2 heterocycles. The van der Waals surface area contributed by atoms with E-state index < -0.39 is 0 Å². The number of thiazole rings is 1. The minimum Gasteiger partial charge on any atom is -0.356 e. The van der Waals surface area contributed by atoms with Gasteiger partial charge < -0.3 is 10.2 Å². The van der Waals surface area contributed by atoms with Crippen LogP contribution in [-0.2, 0) is 11.2 Å². The van der Waals surface area contributed by atoms with Crippen molar-refractivity contribution in [3.05, 3.63) is 16.1 Å². The zero-order chi connectivity index (χ0) is 15.1. The lowest BCUT2D eigenvalue weighted by Gasteiger charge is -2.29. The fourth-order valence-corrected chi connectivity index (χ4v) is 3.74. The van der Waals surface area contributed by atoms with Gasteiger partial charge in [0.15, 0.2) is 0 Å². The van der Waals surface area contributed by atoms with Crippen molar-refractivity contribution >= 4 is 17.2 Å². The van der Waals surface area contributed by atoms with Crippen LogP contribution in [0.1, 0.15) is 42.8 Å². The highest BCUT2D eigenvalue weighted by Gasteiger charge is 2.17. The maximum absolute atomic E-state index is 11.8. The number of nitrogens with zero attached hydrogens (tertiary/aromatic N) is 2. The number of aryl methyl sites for hydroxylation is 2. The lowest BCUT2D eigenvalue weighted by molar-refractivity contribution is -0.121. The van der Waals surface area contributed by atoms with Crippen LogP contribution in [0.15, 0.2) is 5.38 Å². The monoisotopic (exact) mass is 309 g/mol. The molecule has 1 aromatic heterocycles. The standard InChI is InChI=1S/C16H27N3OS/c1-13-12-21-16(18-13)6-3-9-17-15(20)8-7-14-5-4-10-19(2)11-14/h12,14H,3-11H2,1-2H3,(H,17,20)/t14-/m1/s1. The predicted octanol–water partition coefficient (Wildman–Crippen LogP) is 2.62. The van der Waals surface area contributed by atoms with Crippen molar-refractivity contribution in [1.82, 2.24) is 15.2 Å². The number of amides is 1. The second-order valence-electron chi connectivity index (χ2n) is 6.15. The minimum atomic E-state index is 0.207. The fourth-order valence-electron chi connectivity index (χ4n) is 2.92. The molecule has 0 aliphatic carbocycles. The third kappa shape index (κ3) is 6.14. The van der Waals surface area contributed by atoms with E-state index in [9.17, 15) is 4.79 Å². The van der Waals surface area contributed by atoms with Crippen molar-refractivity contribution in [2.24, 2.45) is 5.92 Å². The Morgan fingerprint density at radius 1 is 1.57 bits per heavy atom. The molecule has 0 aromatic carbocycles. The van der Waals surface area contributed by atoms with Gasteiger partial charge >= 0.3 is 0 Å². The zero-order valence-corrected chi connectivity index (χ0v) is 14.0. The Kier molecular flexibility index (Phi) is 6.64. The van der Waals surface area contributed by atoms with E-state index in [-0.39, 0.29) is 5.91 Å². The molecule has 1 amide bonds. The molecule has 1 aromatic rings. The predicted molar refractivity (Wildman–Crippen MR) is 87.6 cm³/mol. The van der Waals surface area contributed by atoms with Crippen LogP contribution < -0.4 is 5.32 Å². The van der Waals surface area contributed by atoms with E-state index in [0.29, 0.717) is 12.3 Å². The lowest BCUT2D eigenvalue weighted by Crippen LogP contribution is -2.33. The average molecular weight is 309 g/mol. The molecule has 1 aliphatic rings. The van der Waals surface area contributed by atoms with Gasteiger partial charge in [0.2, 0.25) is 5.91 Å². The summed E-state index contributed by atoms with van der Waals surface area (Å²) in [6, 6.07) is 0. The smallest absolute Gasteiger partial charge is 0.220 e. The van der Waals surface area contributed by atoms with E-state index >= 15 is 0 Å². The normalized spacial score (nSPS) is 19.6. The SMILES string of the molecule is Cc1csc(CCCNC(=O)CC[C@H]2CCCN(C)C2)n1. The van der Waals surface area contributed by atoms with E-state index in [1.54, 1.807) is 11.3 Å². The molecule has 1 saturated heterocycles. The second-order valence-corrected chi connectivity index (χ2v) is 7.09. The average Bonchev–Trinajstić information content (AvgIpc) is 2.87. The Morgan fingerprint density at radius 2 is 2.43 bits per heavy atom. The molecule has 1 atom stereocenters. The van der Waals surface area contributed by atoms with Crippen molar-refractivity contribution in [2.45, 2.75) is 45.4 Å². The summed E-state index contributed by atoms with van der Waals surface area (Å²) < 4.78 is 0. The number of nitrogens with one attached hydrogen (secondary N) is 1. The maximum Gasteiger partial charge on any atom is 0.220 e. The summed E-state index contributed by atoms with van der Waals surface area (Å²) in [4.78, 5) is 18.7. The summed E-state index contributed by atoms with van der Waals surface area (Å²) >= 11 is 1.71. The number of piperidine rings is 1. The van der Waals surface area contributed by atoms with E-state index in [1.165, 1.54) is 24.4 Å². The molecule has 0 bridgehead atoms. The van der Waals surface area contributed by atoms with Crippen molar-refractivity contribution in [2.75, 3.05) is 26.7 Å². The van der Waals surface area contributed by atoms with Crippen LogP contribution in [0.3, 0.4) is 0 Å². The molecule has 0 spiro atoms. The number of hydrogen-bond donors (Lipinski definition) is 1. The van der Waals surface area contributed by atoms with E-state index in [2.05, 4.69) is 27.6 Å². The first-order valence-electron chi connectivity index (χ1n) is 7.99. The third-order valence-electron chi connectivity index (χ3n) is 4.06. The molecule has 2 rings (SSSR count). The number of hydrogen-bond acceptors (Lipinski definition) is 4. The Hall–Kier alpha value is -0.940. The van der Waals surface area contributed by atoms with Crippen molar-refractivity contribution in [3.63, 3.8) is 0 Å². The molecular formula is C16H27N3OS. The van der Waals surface area contributed by atoms with Gasteiger partial charge in [0.05, 0.1) is 5.01 Å². The van der Waals surface area contributed by atoms with Gasteiger partial charge in [-0.15, -0.1) is 11.3 Å². The Balaban J connectivity index is 1.53. The molecule has 1 aliphatic heterocycles. The first-order chi connectivity index (χ1) is 10.1. The lowest BCUT2D eigenvalue weighted by atomic mass is 9.93. The van der Waals surface area contributed by atoms with Gasteiger partial charge in [-0.2, -0.15) is 0 Å². The molecule has 0 saturated carbocycles. The van der Waals surface area contributed by atoms with E-state index in [1.807, 2.05) is 6.92 Å². The highest BCUT2D eigenvalue weighted by Crippen LogP contribution is 2.19. The largest absolute Gasteiger partial charge is 0.356 e. The number of aromatic nitrogens is 1. The van der Waals surface area contributed by atoms with E-state index in [0.717, 1.165) is 38.0 Å². The van der Waals surface area contributed by atoms with Crippen molar-refractivity contribution < 1.29 is 4.79 Å². The van der Waals surface area contributed by atoms with Crippen LogP contribution in [0.2, 0.25) is 0 Å². The zero-order valence-electron chi connectivity index (χ0n) is 13.2. The number of carbonyl (C=O) groups is 1. The van der Waals surface area contributed by atoms with Gasteiger partial charge in [-0.1, -0.05) is 0 Å². The van der Waals surface area contributed by atoms with Gasteiger partial charge in [0.25, 0.3) is 0 Å². The van der Waals surface area contributed by atoms with Crippen molar-refractivity contribution in [1.29, 1.82) is 0 Å². The molecule has 118 valence electrons. The van der Waals surface area contributed by atoms with Gasteiger partial charge in [-0.3, -0.25) is 4.79 Å². The van der Waals surface area contributed by atoms with Crippen LogP contribution in [0.4, 0.5) is 0 Å². The topological polar surface area (TPSA) is 45.2 Å². The first-order valence-corrected chi connectivity index (χ1v) is 8.87. The molecule has 0 radical (unpaired) electrons. The van der Waals surface area contributed by atoms with Crippen LogP contribution in [0.25, 0.3) is 0 Å². The fraction of sp³-hybridized carbons (Fsp3) is 0.750. The summed E-state index contributed by atoms with van der Waals surface area (Å²) in [5.74, 6) is 0.909. The van der Waals surface area contributed by atoms with Crippen LogP contribution >= 0.6 is 11.3 Å². The summed E-state index contributed by atoms with van der Waals surface area (Å²) in [6.45, 7) is 5.14. The Labute approximate surface area is 132 Å². The van der Waals surface area contributed by atoms with E-state index in [4.69, 9.17) is 0 Å². The minimum absolute atomic E-state index is 0.207. The number of rotatable bonds is 7. The Morgan fingerprint density at radius 3 is 3.14 bits per heavy atom. The number of likely N-dealkylation sites (tertiary alicyclic amines) is 1. The van der Waals surface area contributed by atoms with Crippen LogP contribution in [-0.4, -0.2) is 42.5 Å². The molecule has 4 nitrogen and oxygen atoms in total. The number of carbonyl (C=O) groups excluding carboxylic acids is 1. The second kappa shape index (κ2) is 8.49. The highest BCUT2D eigenvalue weighted by atomic mass is 32.1. The molecule has 0 unspecified atom stereocenters. The quantitative estimate of drug-likeness (QED) is 0.788. The molecular weight excluding hydrogens is 282 g/mol. The van der Waals surface area contributed by atoms with Gasteiger partial charge in [0, 0.05) is 37.0 Å². The summed E-state index contributed by atoms with van der Waals surface area (Å²) in [6.07, 6.45) is 6.20.